The lowest BCUT2D eigenvalue weighted by Crippen LogP contribution is -2.50. The number of hydrogen-bond donors (Lipinski definition) is 0. The number of piperazine rings is 1. The van der Waals surface area contributed by atoms with Crippen molar-refractivity contribution in [1.29, 1.82) is 0 Å². The molecule has 0 saturated carbocycles. The van der Waals surface area contributed by atoms with Gasteiger partial charge in [-0.2, -0.15) is 4.31 Å². The molecule has 2 heterocycles. The van der Waals surface area contributed by atoms with Crippen LogP contribution in [0.2, 0.25) is 0 Å². The van der Waals surface area contributed by atoms with E-state index in [4.69, 9.17) is 4.74 Å². The number of rotatable bonds is 4. The molecule has 2 aliphatic heterocycles. The van der Waals surface area contributed by atoms with E-state index in [0.717, 1.165) is 16.7 Å². The van der Waals surface area contributed by atoms with Crippen molar-refractivity contribution in [2.75, 3.05) is 20.2 Å². The highest BCUT2D eigenvalue weighted by Crippen LogP contribution is 2.37. The third kappa shape index (κ3) is 4.73. The number of amides is 1. The van der Waals surface area contributed by atoms with Crippen LogP contribution in [-0.4, -0.2) is 55.8 Å². The van der Waals surface area contributed by atoms with Crippen LogP contribution in [0.25, 0.3) is 0 Å². The molecule has 1 amide bonds. The Bertz CT molecular complexity index is 1220. The van der Waals surface area contributed by atoms with E-state index in [2.05, 4.69) is 47.6 Å². The number of benzene rings is 2. The monoisotopic (exact) mass is 498 g/mol. The van der Waals surface area contributed by atoms with Crippen LogP contribution in [0.3, 0.4) is 0 Å². The first-order chi connectivity index (χ1) is 16.1. The van der Waals surface area contributed by atoms with Gasteiger partial charge in [-0.05, 0) is 71.2 Å². The highest BCUT2D eigenvalue weighted by Gasteiger charge is 2.50. The minimum Gasteiger partial charge on any atom is -0.496 e. The molecule has 2 aromatic carbocycles. The second-order valence-electron chi connectivity index (χ2n) is 12.0. The first-order valence-electron chi connectivity index (χ1n) is 12.3. The Morgan fingerprint density at radius 3 is 1.97 bits per heavy atom. The van der Waals surface area contributed by atoms with E-state index in [1.165, 1.54) is 0 Å². The van der Waals surface area contributed by atoms with Gasteiger partial charge in [0.2, 0.25) is 10.0 Å². The van der Waals surface area contributed by atoms with E-state index >= 15 is 0 Å². The van der Waals surface area contributed by atoms with E-state index in [-0.39, 0.29) is 33.7 Å². The number of hydrogen-bond acceptors (Lipinski definition) is 4. The summed E-state index contributed by atoms with van der Waals surface area (Å²) < 4.78 is 33.7. The van der Waals surface area contributed by atoms with Crippen molar-refractivity contribution in [3.8, 4) is 5.75 Å². The summed E-state index contributed by atoms with van der Waals surface area (Å²) in [7, 11) is -2.07. The van der Waals surface area contributed by atoms with Gasteiger partial charge in [-0.1, -0.05) is 47.6 Å². The van der Waals surface area contributed by atoms with Crippen LogP contribution >= 0.6 is 0 Å². The molecule has 2 atom stereocenters. The third-order valence-corrected chi connectivity index (χ3v) is 9.25. The molecular formula is C28H38N2O4S. The number of carbonyl (C=O) groups excluding carboxylic acids is 1. The SMILES string of the molecule is COc1ccc(S(=O)(=O)N2CC3CC2CN3C(=O)c2cc(C(C)(C)C)cc(C(C)(C)C)c2)cc1C. The Kier molecular flexibility index (Phi) is 6.34. The molecule has 0 radical (unpaired) electrons. The maximum Gasteiger partial charge on any atom is 0.254 e. The average Bonchev–Trinajstić information content (AvgIpc) is 3.38. The number of aryl methyl sites for hydroxylation is 1. The minimum atomic E-state index is -3.64. The van der Waals surface area contributed by atoms with E-state index in [9.17, 15) is 13.2 Å². The smallest absolute Gasteiger partial charge is 0.254 e. The predicted octanol–water partition coefficient (Wildman–Crippen LogP) is 4.89. The molecule has 7 heteroatoms. The first-order valence-corrected chi connectivity index (χ1v) is 13.7. The quantitative estimate of drug-likeness (QED) is 0.602. The molecule has 190 valence electrons. The Hall–Kier alpha value is -2.38. The normalized spacial score (nSPS) is 21.0. The number of fused-ring (bicyclic) bond motifs is 2. The van der Waals surface area contributed by atoms with Gasteiger partial charge in [0, 0.05) is 30.7 Å². The Morgan fingerprint density at radius 2 is 1.51 bits per heavy atom. The zero-order valence-corrected chi connectivity index (χ0v) is 23.0. The second-order valence-corrected chi connectivity index (χ2v) is 13.9. The number of methoxy groups -OCH3 is 1. The number of nitrogens with zero attached hydrogens (tertiary/aromatic N) is 2. The summed E-state index contributed by atoms with van der Waals surface area (Å²) in [6.45, 7) is 15.5. The molecule has 6 nitrogen and oxygen atoms in total. The fourth-order valence-corrected chi connectivity index (χ4v) is 6.85. The summed E-state index contributed by atoms with van der Waals surface area (Å²) in [6, 6.07) is 10.9. The van der Waals surface area contributed by atoms with E-state index in [1.807, 2.05) is 24.0 Å². The lowest BCUT2D eigenvalue weighted by Gasteiger charge is -2.34. The number of carbonyl (C=O) groups is 1. The summed E-state index contributed by atoms with van der Waals surface area (Å²) in [6.07, 6.45) is 0.672. The molecule has 2 unspecified atom stereocenters. The van der Waals surface area contributed by atoms with Gasteiger partial charge in [0.25, 0.3) is 5.91 Å². The van der Waals surface area contributed by atoms with Gasteiger partial charge in [-0.15, -0.1) is 0 Å². The number of likely N-dealkylation sites (tertiary alicyclic amines) is 1. The number of sulfonamides is 1. The molecule has 2 fully saturated rings. The predicted molar refractivity (Wildman–Crippen MR) is 139 cm³/mol. The second kappa shape index (κ2) is 8.63. The summed E-state index contributed by atoms with van der Waals surface area (Å²) in [5, 5.41) is 0. The molecule has 2 aliphatic rings. The molecule has 4 rings (SSSR count). The molecule has 2 aromatic rings. The van der Waals surface area contributed by atoms with Crippen molar-refractivity contribution >= 4 is 15.9 Å². The van der Waals surface area contributed by atoms with Crippen LogP contribution < -0.4 is 4.74 Å². The Labute approximate surface area is 210 Å². The van der Waals surface area contributed by atoms with E-state index in [1.54, 1.807) is 29.6 Å². The van der Waals surface area contributed by atoms with Crippen molar-refractivity contribution in [1.82, 2.24) is 9.21 Å². The first kappa shape index (κ1) is 25.7. The molecule has 0 spiro atoms. The van der Waals surface area contributed by atoms with Crippen LogP contribution in [-0.2, 0) is 20.9 Å². The van der Waals surface area contributed by atoms with Crippen LogP contribution in [0.4, 0.5) is 0 Å². The number of ether oxygens (including phenoxy) is 1. The van der Waals surface area contributed by atoms with Gasteiger partial charge >= 0.3 is 0 Å². The highest BCUT2D eigenvalue weighted by atomic mass is 32.2. The van der Waals surface area contributed by atoms with Crippen molar-refractivity contribution in [3.63, 3.8) is 0 Å². The van der Waals surface area contributed by atoms with Crippen molar-refractivity contribution in [2.45, 2.75) is 82.7 Å². The van der Waals surface area contributed by atoms with Crippen LogP contribution in [0.1, 0.15) is 75.0 Å². The molecule has 0 aromatic heterocycles. The molecule has 35 heavy (non-hydrogen) atoms. The van der Waals surface area contributed by atoms with Gasteiger partial charge in [0.15, 0.2) is 0 Å². The van der Waals surface area contributed by atoms with Crippen LogP contribution in [0.15, 0.2) is 41.3 Å². The standard InChI is InChI=1S/C28H38N2O4S/c1-18-11-24(9-10-25(18)34-8)35(32,33)30-17-22-15-23(30)16-29(22)26(31)19-12-20(27(2,3)4)14-21(13-19)28(5,6)7/h9-14,22-23H,15-17H2,1-8H3. The summed E-state index contributed by atoms with van der Waals surface area (Å²) in [5.74, 6) is 0.655. The van der Waals surface area contributed by atoms with Crippen molar-refractivity contribution in [2.24, 2.45) is 0 Å². The van der Waals surface area contributed by atoms with Crippen molar-refractivity contribution < 1.29 is 17.9 Å². The summed E-state index contributed by atoms with van der Waals surface area (Å²) >= 11 is 0. The molecule has 0 N–H and O–H groups in total. The van der Waals surface area contributed by atoms with Gasteiger partial charge in [-0.3, -0.25) is 4.79 Å². The van der Waals surface area contributed by atoms with Crippen LogP contribution in [0, 0.1) is 6.92 Å². The van der Waals surface area contributed by atoms with E-state index in [0.29, 0.717) is 30.8 Å². The lowest BCUT2D eigenvalue weighted by atomic mass is 9.79. The average molecular weight is 499 g/mol. The molecule has 0 aliphatic carbocycles. The Morgan fingerprint density at radius 1 is 0.914 bits per heavy atom. The third-order valence-electron chi connectivity index (χ3n) is 7.34. The van der Waals surface area contributed by atoms with Crippen molar-refractivity contribution in [3.05, 3.63) is 58.7 Å². The molecule has 2 bridgehead atoms. The lowest BCUT2D eigenvalue weighted by molar-refractivity contribution is 0.0681. The Balaban J connectivity index is 1.58. The topological polar surface area (TPSA) is 66.9 Å². The highest BCUT2D eigenvalue weighted by molar-refractivity contribution is 7.89. The maximum absolute atomic E-state index is 13.7. The van der Waals surface area contributed by atoms with Crippen LogP contribution in [0.5, 0.6) is 5.75 Å². The van der Waals surface area contributed by atoms with Gasteiger partial charge in [0.1, 0.15) is 5.75 Å². The largest absolute Gasteiger partial charge is 0.496 e. The molecule has 2 saturated heterocycles. The maximum atomic E-state index is 13.7. The van der Waals surface area contributed by atoms with Gasteiger partial charge < -0.3 is 9.64 Å². The zero-order valence-electron chi connectivity index (χ0n) is 22.2. The minimum absolute atomic E-state index is 0.00793. The fourth-order valence-electron chi connectivity index (χ4n) is 5.10. The zero-order chi connectivity index (χ0) is 25.9. The summed E-state index contributed by atoms with van der Waals surface area (Å²) in [4.78, 5) is 15.8. The van der Waals surface area contributed by atoms with Gasteiger partial charge in [-0.25, -0.2) is 8.42 Å². The van der Waals surface area contributed by atoms with E-state index < -0.39 is 10.0 Å². The summed E-state index contributed by atoms with van der Waals surface area (Å²) in [5.41, 5.74) is 3.58. The fraction of sp³-hybridized carbons (Fsp3) is 0.536. The van der Waals surface area contributed by atoms with Gasteiger partial charge in [0.05, 0.1) is 12.0 Å². The molecular weight excluding hydrogens is 460 g/mol.